The fourth-order valence-corrected chi connectivity index (χ4v) is 3.52. The van der Waals surface area contributed by atoms with Gasteiger partial charge in [0, 0.05) is 18.0 Å². The van der Waals surface area contributed by atoms with Crippen molar-refractivity contribution in [1.82, 2.24) is 25.1 Å². The number of aromatic amines is 1. The summed E-state index contributed by atoms with van der Waals surface area (Å²) in [6, 6.07) is 15.3. The van der Waals surface area contributed by atoms with Gasteiger partial charge in [0.05, 0.1) is 34.2 Å². The number of nitrogens with zero attached hydrogens (tertiary/aromatic N) is 3. The molecule has 0 unspecified atom stereocenters. The van der Waals surface area contributed by atoms with E-state index in [2.05, 4.69) is 34.2 Å². The summed E-state index contributed by atoms with van der Waals surface area (Å²) >= 11 is 5.99. The van der Waals surface area contributed by atoms with E-state index in [4.69, 9.17) is 11.6 Å². The number of hydrogen-bond acceptors (Lipinski definition) is 3. The molecule has 6 nitrogen and oxygen atoms in total. The largest absolute Gasteiger partial charge is 0.351 e. The molecule has 2 aromatic carbocycles. The van der Waals surface area contributed by atoms with E-state index in [0.717, 1.165) is 28.2 Å². The maximum absolute atomic E-state index is 12.8. The zero-order chi connectivity index (χ0) is 20.4. The lowest BCUT2D eigenvalue weighted by Gasteiger charge is -2.13. The molecule has 7 heteroatoms. The Balaban J connectivity index is 1.48. The maximum atomic E-state index is 12.8. The number of aromatic nitrogens is 4. The van der Waals surface area contributed by atoms with Crippen molar-refractivity contribution in [1.29, 1.82) is 0 Å². The molecule has 0 bridgehead atoms. The van der Waals surface area contributed by atoms with E-state index < -0.39 is 0 Å². The zero-order valence-corrected chi connectivity index (χ0v) is 17.1. The minimum Gasteiger partial charge on any atom is -0.351 e. The maximum Gasteiger partial charge on any atom is 0.254 e. The van der Waals surface area contributed by atoms with Gasteiger partial charge in [-0.2, -0.15) is 5.10 Å². The molecule has 0 aliphatic rings. The van der Waals surface area contributed by atoms with Gasteiger partial charge in [-0.1, -0.05) is 37.6 Å². The summed E-state index contributed by atoms with van der Waals surface area (Å²) in [5, 5.41) is 8.10. The Bertz CT molecular complexity index is 1110. The number of benzene rings is 2. The predicted molar refractivity (Wildman–Crippen MR) is 115 cm³/mol. The van der Waals surface area contributed by atoms with Gasteiger partial charge in [-0.3, -0.25) is 4.79 Å². The normalized spacial score (nSPS) is 11.3. The molecule has 1 amide bonds. The van der Waals surface area contributed by atoms with Crippen molar-refractivity contribution in [2.24, 2.45) is 0 Å². The first-order valence-electron chi connectivity index (χ1n) is 9.58. The van der Waals surface area contributed by atoms with Gasteiger partial charge in [0.25, 0.3) is 5.91 Å². The molecule has 29 heavy (non-hydrogen) atoms. The Labute approximate surface area is 173 Å². The number of rotatable bonds is 6. The van der Waals surface area contributed by atoms with Crippen LogP contribution in [0, 0.1) is 0 Å². The van der Waals surface area contributed by atoms with Crippen LogP contribution in [0.2, 0.25) is 5.02 Å². The smallest absolute Gasteiger partial charge is 0.254 e. The van der Waals surface area contributed by atoms with Crippen molar-refractivity contribution in [2.75, 3.05) is 6.54 Å². The third-order valence-corrected chi connectivity index (χ3v) is 5.01. The van der Waals surface area contributed by atoms with Gasteiger partial charge >= 0.3 is 0 Å². The van der Waals surface area contributed by atoms with Gasteiger partial charge < -0.3 is 10.3 Å². The van der Waals surface area contributed by atoms with Crippen LogP contribution in [-0.2, 0) is 6.42 Å². The monoisotopic (exact) mass is 407 g/mol. The van der Waals surface area contributed by atoms with Crippen molar-refractivity contribution in [3.8, 4) is 5.69 Å². The van der Waals surface area contributed by atoms with E-state index in [1.165, 1.54) is 0 Å². The highest BCUT2D eigenvalue weighted by Gasteiger charge is 2.20. The Morgan fingerprint density at radius 3 is 2.66 bits per heavy atom. The number of hydrogen-bond donors (Lipinski definition) is 2. The molecule has 148 valence electrons. The van der Waals surface area contributed by atoms with Gasteiger partial charge in [0.1, 0.15) is 5.82 Å². The van der Waals surface area contributed by atoms with Crippen LogP contribution in [-0.4, -0.2) is 32.2 Å². The summed E-state index contributed by atoms with van der Waals surface area (Å²) < 4.78 is 1.80. The second-order valence-corrected chi connectivity index (χ2v) is 7.63. The van der Waals surface area contributed by atoms with Crippen molar-refractivity contribution in [3.63, 3.8) is 0 Å². The Kier molecular flexibility index (Phi) is 5.36. The Morgan fingerprint density at radius 2 is 1.93 bits per heavy atom. The third kappa shape index (κ3) is 4.03. The average molecular weight is 408 g/mol. The summed E-state index contributed by atoms with van der Waals surface area (Å²) in [5.41, 5.74) is 4.26. The number of fused-ring (bicyclic) bond motifs is 1. The predicted octanol–water partition coefficient (Wildman–Crippen LogP) is 4.50. The third-order valence-electron chi connectivity index (χ3n) is 4.75. The summed E-state index contributed by atoms with van der Waals surface area (Å²) in [4.78, 5) is 20.6. The molecule has 2 aromatic heterocycles. The van der Waals surface area contributed by atoms with Crippen molar-refractivity contribution >= 4 is 28.5 Å². The SMILES string of the molecule is CC(C)c1c(C(=O)NCCc2nc3ccccc3[nH]2)cnn1-c1ccc(Cl)cc1. The number of imidazole rings is 1. The molecule has 4 aromatic rings. The minimum absolute atomic E-state index is 0.129. The molecule has 0 saturated heterocycles. The summed E-state index contributed by atoms with van der Waals surface area (Å²) in [6.07, 6.45) is 2.25. The number of carbonyl (C=O) groups excluding carboxylic acids is 1. The van der Waals surface area contributed by atoms with Crippen LogP contribution >= 0.6 is 11.6 Å². The van der Waals surface area contributed by atoms with Gasteiger partial charge in [-0.25, -0.2) is 9.67 Å². The molecular weight excluding hydrogens is 386 g/mol. The van der Waals surface area contributed by atoms with Gasteiger partial charge in [-0.15, -0.1) is 0 Å². The highest BCUT2D eigenvalue weighted by atomic mass is 35.5. The number of para-hydroxylation sites is 2. The molecular formula is C22H22ClN5O. The molecule has 4 rings (SSSR count). The molecule has 0 atom stereocenters. The molecule has 0 radical (unpaired) electrons. The van der Waals surface area contributed by atoms with E-state index in [1.54, 1.807) is 10.9 Å². The van der Waals surface area contributed by atoms with E-state index >= 15 is 0 Å². The number of amides is 1. The van der Waals surface area contributed by atoms with E-state index in [-0.39, 0.29) is 11.8 Å². The number of carbonyl (C=O) groups is 1. The highest BCUT2D eigenvalue weighted by Crippen LogP contribution is 2.24. The molecule has 2 N–H and O–H groups in total. The first-order valence-corrected chi connectivity index (χ1v) is 9.96. The lowest BCUT2D eigenvalue weighted by Crippen LogP contribution is -2.27. The quantitative estimate of drug-likeness (QED) is 0.494. The molecule has 0 aliphatic carbocycles. The number of halogens is 1. The van der Waals surface area contributed by atoms with Crippen LogP contribution in [0.1, 0.15) is 41.6 Å². The zero-order valence-electron chi connectivity index (χ0n) is 16.3. The van der Waals surface area contributed by atoms with Gasteiger partial charge in [-0.05, 0) is 42.3 Å². The fraction of sp³-hybridized carbons (Fsp3) is 0.227. The van der Waals surface area contributed by atoms with Crippen LogP contribution in [0.25, 0.3) is 16.7 Å². The summed E-state index contributed by atoms with van der Waals surface area (Å²) in [6.45, 7) is 4.59. The van der Waals surface area contributed by atoms with Crippen molar-refractivity contribution < 1.29 is 4.79 Å². The van der Waals surface area contributed by atoms with Crippen molar-refractivity contribution in [3.05, 3.63) is 76.8 Å². The first kappa shape index (κ1) is 19.2. The van der Waals surface area contributed by atoms with Crippen LogP contribution in [0.5, 0.6) is 0 Å². The van der Waals surface area contributed by atoms with Crippen LogP contribution in [0.4, 0.5) is 0 Å². The standard InChI is InChI=1S/C22H22ClN5O/c1-14(2)21-17(13-25-28(21)16-9-7-15(23)8-10-16)22(29)24-12-11-20-26-18-5-3-4-6-19(18)27-20/h3-10,13-14H,11-12H2,1-2H3,(H,24,29)(H,26,27). The first-order chi connectivity index (χ1) is 14.0. The Hall–Kier alpha value is -3.12. The van der Waals surface area contributed by atoms with E-state index in [1.807, 2.05) is 48.5 Å². The second kappa shape index (κ2) is 8.09. The molecule has 0 saturated carbocycles. The summed E-state index contributed by atoms with van der Waals surface area (Å²) in [5.74, 6) is 0.849. The highest BCUT2D eigenvalue weighted by molar-refractivity contribution is 6.30. The Morgan fingerprint density at radius 1 is 1.17 bits per heavy atom. The van der Waals surface area contributed by atoms with E-state index in [9.17, 15) is 4.79 Å². The fourth-order valence-electron chi connectivity index (χ4n) is 3.39. The van der Waals surface area contributed by atoms with Gasteiger partial charge in [0.15, 0.2) is 0 Å². The van der Waals surface area contributed by atoms with Crippen molar-refractivity contribution in [2.45, 2.75) is 26.2 Å². The lowest BCUT2D eigenvalue weighted by atomic mass is 10.0. The van der Waals surface area contributed by atoms with Crippen LogP contribution in [0.3, 0.4) is 0 Å². The van der Waals surface area contributed by atoms with E-state index in [0.29, 0.717) is 23.6 Å². The lowest BCUT2D eigenvalue weighted by molar-refractivity contribution is 0.0952. The van der Waals surface area contributed by atoms with Crippen LogP contribution < -0.4 is 5.32 Å². The summed E-state index contributed by atoms with van der Waals surface area (Å²) in [7, 11) is 0. The molecule has 0 aliphatic heterocycles. The van der Waals surface area contributed by atoms with Gasteiger partial charge in [0.2, 0.25) is 0 Å². The second-order valence-electron chi connectivity index (χ2n) is 7.19. The van der Waals surface area contributed by atoms with Crippen LogP contribution in [0.15, 0.2) is 54.7 Å². The molecule has 0 fully saturated rings. The minimum atomic E-state index is -0.134. The average Bonchev–Trinajstić information content (AvgIpc) is 3.32. The molecule has 2 heterocycles. The molecule has 0 spiro atoms. The number of nitrogens with one attached hydrogen (secondary N) is 2. The number of H-pyrrole nitrogens is 1. The topological polar surface area (TPSA) is 75.6 Å².